The smallest absolute Gasteiger partial charge is 0.319 e. The van der Waals surface area contributed by atoms with Gasteiger partial charge in [0.2, 0.25) is 0 Å². The molecule has 2 aliphatic heterocycles. The van der Waals surface area contributed by atoms with Gasteiger partial charge in [-0.25, -0.2) is 9.80 Å². The van der Waals surface area contributed by atoms with E-state index < -0.39 is 29.9 Å². The first-order valence-corrected chi connectivity index (χ1v) is 13.5. The molecular formula is C31H24Cl2N4O3. The van der Waals surface area contributed by atoms with Gasteiger partial charge >= 0.3 is 6.03 Å². The summed E-state index contributed by atoms with van der Waals surface area (Å²) in [5.41, 5.74) is 1.65. The van der Waals surface area contributed by atoms with Gasteiger partial charge in [0.25, 0.3) is 11.8 Å². The number of hydrogen-bond acceptors (Lipinski definition) is 4. The van der Waals surface area contributed by atoms with Crippen molar-refractivity contribution in [2.45, 2.75) is 24.9 Å². The first kappa shape index (κ1) is 26.0. The highest BCUT2D eigenvalue weighted by atomic mass is 35.5. The fourth-order valence-electron chi connectivity index (χ4n) is 5.27. The maximum atomic E-state index is 13.7. The quantitative estimate of drug-likeness (QED) is 0.286. The van der Waals surface area contributed by atoms with Crippen LogP contribution in [0.15, 0.2) is 96.1 Å². The molecule has 200 valence electrons. The summed E-state index contributed by atoms with van der Waals surface area (Å²) in [7, 11) is 0. The molecule has 0 bridgehead atoms. The highest BCUT2D eigenvalue weighted by molar-refractivity contribution is 6.42. The van der Waals surface area contributed by atoms with Crippen molar-refractivity contribution in [2.75, 3.05) is 6.54 Å². The number of imide groups is 1. The van der Waals surface area contributed by atoms with E-state index >= 15 is 0 Å². The highest BCUT2D eigenvalue weighted by Crippen LogP contribution is 2.36. The molecule has 1 N–H and O–H groups in total. The zero-order valence-electron chi connectivity index (χ0n) is 21.5. The second-order valence-electron chi connectivity index (χ2n) is 10.1. The number of nitrogens with one attached hydrogen (secondary N) is 1. The van der Waals surface area contributed by atoms with Crippen LogP contribution >= 0.6 is 23.2 Å². The number of hydrogen-bond donors (Lipinski definition) is 1. The Morgan fingerprint density at radius 1 is 0.925 bits per heavy atom. The topological polar surface area (TPSA) is 82.1 Å². The van der Waals surface area contributed by atoms with Crippen molar-refractivity contribution in [3.8, 4) is 0 Å². The minimum absolute atomic E-state index is 0.260. The molecule has 0 aromatic heterocycles. The zero-order chi connectivity index (χ0) is 28.0. The maximum Gasteiger partial charge on any atom is 0.325 e. The molecule has 6 rings (SSSR count). The Bertz CT molecular complexity index is 1710. The molecule has 1 fully saturated rings. The molecule has 40 heavy (non-hydrogen) atoms. The van der Waals surface area contributed by atoms with Crippen LogP contribution in [0.25, 0.3) is 10.8 Å². The van der Waals surface area contributed by atoms with Gasteiger partial charge in [0, 0.05) is 6.42 Å². The van der Waals surface area contributed by atoms with Gasteiger partial charge in [0.15, 0.2) is 0 Å². The van der Waals surface area contributed by atoms with Crippen LogP contribution in [-0.2, 0) is 15.1 Å². The summed E-state index contributed by atoms with van der Waals surface area (Å²) >= 11 is 12.2. The molecule has 2 heterocycles. The number of carbonyl (C=O) groups is 3. The van der Waals surface area contributed by atoms with E-state index in [9.17, 15) is 14.4 Å². The number of fused-ring (bicyclic) bond motifs is 1. The van der Waals surface area contributed by atoms with E-state index in [0.29, 0.717) is 17.0 Å². The number of carbonyl (C=O) groups excluding carboxylic acids is 3. The SMILES string of the molecule is CC1(c2ccc(Cl)c(Cl)c2)NC(=O)N(CC(=O)N2N=C(c3ccc4ccccc4c3)CC2c2ccccc2)C1=O. The second-order valence-corrected chi connectivity index (χ2v) is 10.9. The molecule has 7 nitrogen and oxygen atoms in total. The largest absolute Gasteiger partial charge is 0.325 e. The fraction of sp³-hybridized carbons (Fsp3) is 0.161. The van der Waals surface area contributed by atoms with Crippen LogP contribution in [0.3, 0.4) is 0 Å². The highest BCUT2D eigenvalue weighted by Gasteiger charge is 2.50. The number of nitrogens with zero attached hydrogens (tertiary/aromatic N) is 3. The third kappa shape index (κ3) is 4.51. The Labute approximate surface area is 241 Å². The summed E-state index contributed by atoms with van der Waals surface area (Å²) in [5.74, 6) is -1.02. The predicted molar refractivity (Wildman–Crippen MR) is 155 cm³/mol. The standard InChI is InChI=1S/C31H24Cl2N4O3/c1-31(23-13-14-24(32)25(33)16-23)29(39)36(30(40)34-31)18-28(38)37-27(20-8-3-2-4-9-20)17-26(35-37)22-12-11-19-7-5-6-10-21(19)15-22/h2-16,27H,17-18H2,1H3,(H,34,40). The number of hydrazone groups is 1. The second kappa shape index (κ2) is 10.1. The van der Waals surface area contributed by atoms with Crippen LogP contribution in [0, 0.1) is 0 Å². The molecule has 2 unspecified atom stereocenters. The molecule has 2 aliphatic rings. The van der Waals surface area contributed by atoms with Crippen molar-refractivity contribution in [1.82, 2.24) is 15.2 Å². The van der Waals surface area contributed by atoms with Gasteiger partial charge in [-0.1, -0.05) is 96.0 Å². The van der Waals surface area contributed by atoms with E-state index in [1.54, 1.807) is 25.1 Å². The van der Waals surface area contributed by atoms with Gasteiger partial charge in [0.05, 0.1) is 21.8 Å². The lowest BCUT2D eigenvalue weighted by molar-refractivity contribution is -0.140. The summed E-state index contributed by atoms with van der Waals surface area (Å²) in [5, 5.41) is 11.6. The molecule has 2 atom stereocenters. The van der Waals surface area contributed by atoms with Gasteiger partial charge < -0.3 is 5.32 Å². The molecule has 0 radical (unpaired) electrons. The Balaban J connectivity index is 1.30. The molecule has 0 spiro atoms. The molecular weight excluding hydrogens is 547 g/mol. The van der Waals surface area contributed by atoms with E-state index in [4.69, 9.17) is 28.3 Å². The summed E-state index contributed by atoms with van der Waals surface area (Å²) in [6.45, 7) is 1.12. The summed E-state index contributed by atoms with van der Waals surface area (Å²) in [6.07, 6.45) is 0.495. The minimum Gasteiger partial charge on any atom is -0.319 e. The van der Waals surface area contributed by atoms with Crippen LogP contribution in [0.1, 0.15) is 36.1 Å². The molecule has 9 heteroatoms. The molecule has 4 aromatic carbocycles. The zero-order valence-corrected chi connectivity index (χ0v) is 23.0. The van der Waals surface area contributed by atoms with Gasteiger partial charge in [-0.3, -0.25) is 14.5 Å². The fourth-order valence-corrected chi connectivity index (χ4v) is 5.57. The lowest BCUT2D eigenvalue weighted by Crippen LogP contribution is -2.43. The molecule has 0 aliphatic carbocycles. The predicted octanol–water partition coefficient (Wildman–Crippen LogP) is 6.29. The van der Waals surface area contributed by atoms with Crippen LogP contribution in [0.2, 0.25) is 10.0 Å². The van der Waals surface area contributed by atoms with Crippen molar-refractivity contribution in [3.63, 3.8) is 0 Å². The van der Waals surface area contributed by atoms with Gasteiger partial charge in [-0.2, -0.15) is 5.10 Å². The summed E-state index contributed by atoms with van der Waals surface area (Å²) in [4.78, 5) is 41.1. The van der Waals surface area contributed by atoms with Crippen molar-refractivity contribution >= 4 is 57.5 Å². The third-order valence-corrected chi connectivity index (χ3v) is 8.24. The van der Waals surface area contributed by atoms with Crippen LogP contribution < -0.4 is 5.32 Å². The first-order chi connectivity index (χ1) is 19.2. The van der Waals surface area contributed by atoms with E-state index in [1.165, 1.54) is 5.01 Å². The lowest BCUT2D eigenvalue weighted by atomic mass is 9.92. The lowest BCUT2D eigenvalue weighted by Gasteiger charge is -2.25. The Kier molecular flexibility index (Phi) is 6.56. The van der Waals surface area contributed by atoms with Crippen molar-refractivity contribution in [3.05, 3.63) is 118 Å². The van der Waals surface area contributed by atoms with Crippen LogP contribution in [0.4, 0.5) is 4.79 Å². The molecule has 0 saturated carbocycles. The van der Waals surface area contributed by atoms with Gasteiger partial charge in [0.1, 0.15) is 12.1 Å². The molecule has 1 saturated heterocycles. The van der Waals surface area contributed by atoms with Gasteiger partial charge in [-0.15, -0.1) is 0 Å². The summed E-state index contributed by atoms with van der Waals surface area (Å²) in [6, 6.07) is 27.4. The Hall–Kier alpha value is -4.20. The Morgan fingerprint density at radius 3 is 2.40 bits per heavy atom. The maximum absolute atomic E-state index is 13.7. The number of benzene rings is 4. The first-order valence-electron chi connectivity index (χ1n) is 12.8. The van der Waals surface area contributed by atoms with E-state index in [0.717, 1.165) is 32.5 Å². The molecule has 4 aromatic rings. The van der Waals surface area contributed by atoms with Crippen molar-refractivity contribution in [1.29, 1.82) is 0 Å². The average molecular weight is 571 g/mol. The van der Waals surface area contributed by atoms with E-state index in [2.05, 4.69) is 11.4 Å². The number of amides is 4. The van der Waals surface area contributed by atoms with E-state index in [-0.39, 0.29) is 11.1 Å². The van der Waals surface area contributed by atoms with Crippen LogP contribution in [0.5, 0.6) is 0 Å². The Morgan fingerprint density at radius 2 is 1.65 bits per heavy atom. The minimum atomic E-state index is -1.39. The van der Waals surface area contributed by atoms with Crippen molar-refractivity contribution < 1.29 is 14.4 Å². The monoisotopic (exact) mass is 570 g/mol. The van der Waals surface area contributed by atoms with Crippen LogP contribution in [-0.4, -0.2) is 40.0 Å². The average Bonchev–Trinajstić information content (AvgIpc) is 3.51. The molecule has 4 amide bonds. The number of rotatable bonds is 5. The van der Waals surface area contributed by atoms with Crippen molar-refractivity contribution in [2.24, 2.45) is 5.10 Å². The number of urea groups is 1. The number of halogens is 2. The summed E-state index contributed by atoms with van der Waals surface area (Å²) < 4.78 is 0. The normalized spacial score (nSPS) is 20.7. The van der Waals surface area contributed by atoms with Gasteiger partial charge in [-0.05, 0) is 52.6 Å². The van der Waals surface area contributed by atoms with E-state index in [1.807, 2.05) is 66.7 Å². The third-order valence-electron chi connectivity index (χ3n) is 7.50.